The first-order valence-electron chi connectivity index (χ1n) is 10.3. The van der Waals surface area contributed by atoms with Crippen molar-refractivity contribution in [1.82, 2.24) is 4.90 Å². The number of thiophene rings is 1. The first kappa shape index (κ1) is 22.0. The van der Waals surface area contributed by atoms with E-state index >= 15 is 0 Å². The number of unbranched alkanes of at least 4 members (excludes halogenated alkanes) is 9. The third-order valence-electron chi connectivity index (χ3n) is 5.45. The molecule has 1 aromatic carbocycles. The summed E-state index contributed by atoms with van der Waals surface area (Å²) < 4.78 is 1.95. The van der Waals surface area contributed by atoms with Crippen molar-refractivity contribution < 1.29 is 9.59 Å². The van der Waals surface area contributed by atoms with Gasteiger partial charge in [-0.15, -0.1) is 11.3 Å². The molecule has 1 aliphatic heterocycles. The minimum atomic E-state index is -0.146. The van der Waals surface area contributed by atoms with Gasteiger partial charge in [0.1, 0.15) is 0 Å². The van der Waals surface area contributed by atoms with Gasteiger partial charge in [0.15, 0.2) is 0 Å². The molecule has 1 aromatic heterocycles. The predicted molar refractivity (Wildman–Crippen MR) is 124 cm³/mol. The summed E-state index contributed by atoms with van der Waals surface area (Å²) in [4.78, 5) is 26.9. The number of hydrogen-bond acceptors (Lipinski definition) is 3. The molecular formula is C22H27Br2NO2S. The number of hydrogen-bond donors (Lipinski definition) is 0. The number of nitrogens with zero attached hydrogens (tertiary/aromatic N) is 1. The minimum Gasteiger partial charge on any atom is -0.274 e. The second-order valence-electron chi connectivity index (χ2n) is 7.54. The van der Waals surface area contributed by atoms with E-state index in [9.17, 15) is 9.59 Å². The Hall–Kier alpha value is -0.720. The molecule has 0 unspecified atom stereocenters. The third-order valence-corrected chi connectivity index (χ3v) is 8.07. The molecule has 152 valence electrons. The molecule has 3 rings (SSSR count). The summed E-state index contributed by atoms with van der Waals surface area (Å²) in [6, 6.07) is 3.71. The Morgan fingerprint density at radius 2 is 1.18 bits per heavy atom. The summed E-state index contributed by atoms with van der Waals surface area (Å²) in [5.41, 5.74) is 1.08. The number of benzene rings is 1. The summed E-state index contributed by atoms with van der Waals surface area (Å²) >= 11 is 8.65. The molecule has 0 aliphatic carbocycles. The van der Waals surface area contributed by atoms with E-state index in [4.69, 9.17) is 0 Å². The van der Waals surface area contributed by atoms with Crippen LogP contribution in [0.4, 0.5) is 0 Å². The van der Waals surface area contributed by atoms with Crippen LogP contribution in [0.3, 0.4) is 0 Å². The zero-order valence-corrected chi connectivity index (χ0v) is 20.3. The van der Waals surface area contributed by atoms with E-state index in [1.54, 1.807) is 11.3 Å². The summed E-state index contributed by atoms with van der Waals surface area (Å²) in [5, 5.41) is 1.97. The van der Waals surface area contributed by atoms with E-state index in [2.05, 4.69) is 38.8 Å². The fourth-order valence-electron chi connectivity index (χ4n) is 3.81. The van der Waals surface area contributed by atoms with Gasteiger partial charge in [-0.05, 0) is 50.4 Å². The lowest BCUT2D eigenvalue weighted by molar-refractivity contribution is 0.0651. The third kappa shape index (κ3) is 4.88. The Balaban J connectivity index is 1.47. The highest BCUT2D eigenvalue weighted by Crippen LogP contribution is 2.41. The van der Waals surface area contributed by atoms with Gasteiger partial charge >= 0.3 is 0 Å². The van der Waals surface area contributed by atoms with Crippen LogP contribution in [0.1, 0.15) is 91.8 Å². The maximum atomic E-state index is 12.7. The van der Waals surface area contributed by atoms with Crippen LogP contribution in [-0.2, 0) is 0 Å². The number of carbonyl (C=O) groups excluding carboxylic acids is 2. The van der Waals surface area contributed by atoms with Crippen LogP contribution in [0, 0.1) is 0 Å². The van der Waals surface area contributed by atoms with Crippen molar-refractivity contribution in [3.8, 4) is 0 Å². The Bertz CT molecular complexity index is 806. The predicted octanol–water partition coefficient (Wildman–Crippen LogP) is 7.94. The zero-order valence-electron chi connectivity index (χ0n) is 16.4. The van der Waals surface area contributed by atoms with E-state index in [0.29, 0.717) is 17.7 Å². The highest BCUT2D eigenvalue weighted by atomic mass is 79.9. The van der Waals surface area contributed by atoms with E-state index < -0.39 is 0 Å². The first-order valence-corrected chi connectivity index (χ1v) is 12.7. The SMILES string of the molecule is CCCCCCCCCCCCN1C(=O)c2cc3c(Br)sc(Br)c3cc2C1=O. The van der Waals surface area contributed by atoms with Crippen molar-refractivity contribution in [2.24, 2.45) is 0 Å². The van der Waals surface area contributed by atoms with Crippen LogP contribution in [0.5, 0.6) is 0 Å². The van der Waals surface area contributed by atoms with E-state index in [0.717, 1.165) is 31.2 Å². The molecule has 2 amide bonds. The first-order chi connectivity index (χ1) is 13.5. The van der Waals surface area contributed by atoms with Crippen molar-refractivity contribution in [3.63, 3.8) is 0 Å². The zero-order chi connectivity index (χ0) is 20.1. The largest absolute Gasteiger partial charge is 0.274 e. The van der Waals surface area contributed by atoms with Crippen LogP contribution in [0.2, 0.25) is 0 Å². The van der Waals surface area contributed by atoms with Crippen LogP contribution in [0.15, 0.2) is 19.7 Å². The maximum absolute atomic E-state index is 12.7. The Morgan fingerprint density at radius 3 is 1.64 bits per heavy atom. The lowest BCUT2D eigenvalue weighted by Gasteiger charge is -2.13. The number of fused-ring (bicyclic) bond motifs is 2. The Labute approximate surface area is 188 Å². The number of amides is 2. The molecule has 6 heteroatoms. The summed E-state index contributed by atoms with van der Waals surface area (Å²) in [6.07, 6.45) is 12.4. The molecule has 0 atom stereocenters. The Kier molecular flexibility index (Phi) is 8.12. The normalized spacial score (nSPS) is 13.8. The van der Waals surface area contributed by atoms with E-state index in [1.807, 2.05) is 12.1 Å². The highest BCUT2D eigenvalue weighted by molar-refractivity contribution is 9.12. The second kappa shape index (κ2) is 10.4. The number of imide groups is 1. The summed E-state index contributed by atoms with van der Waals surface area (Å²) in [5.74, 6) is -0.293. The summed E-state index contributed by atoms with van der Waals surface area (Å²) in [7, 11) is 0. The van der Waals surface area contributed by atoms with Gasteiger partial charge in [0.2, 0.25) is 0 Å². The molecule has 2 aromatic rings. The number of rotatable bonds is 11. The topological polar surface area (TPSA) is 37.4 Å². The molecule has 0 saturated carbocycles. The average molecular weight is 529 g/mol. The van der Waals surface area contributed by atoms with Gasteiger partial charge in [0, 0.05) is 17.3 Å². The fourth-order valence-corrected chi connectivity index (χ4v) is 6.80. The smallest absolute Gasteiger partial charge is 0.261 e. The van der Waals surface area contributed by atoms with Crippen LogP contribution < -0.4 is 0 Å². The number of carbonyl (C=O) groups is 2. The average Bonchev–Trinajstić information content (AvgIpc) is 3.09. The standard InChI is InChI=1S/C22H27Br2NO2S/c1-2-3-4-5-6-7-8-9-10-11-12-25-21(26)17-13-15-16(14-18(17)22(25)27)20(24)28-19(15)23/h13-14H,2-12H2,1H3. The van der Waals surface area contributed by atoms with Gasteiger partial charge in [-0.3, -0.25) is 14.5 Å². The van der Waals surface area contributed by atoms with Gasteiger partial charge in [0.05, 0.1) is 18.7 Å². The van der Waals surface area contributed by atoms with E-state index in [1.165, 1.54) is 56.3 Å². The minimum absolute atomic E-state index is 0.146. The van der Waals surface area contributed by atoms with Gasteiger partial charge in [-0.1, -0.05) is 64.7 Å². The lowest BCUT2D eigenvalue weighted by Crippen LogP contribution is -2.30. The molecule has 3 nitrogen and oxygen atoms in total. The fraction of sp³-hybridized carbons (Fsp3) is 0.545. The van der Waals surface area contributed by atoms with Crippen LogP contribution in [-0.4, -0.2) is 23.3 Å². The van der Waals surface area contributed by atoms with Gasteiger partial charge < -0.3 is 0 Å². The Morgan fingerprint density at radius 1 is 0.750 bits per heavy atom. The molecule has 0 N–H and O–H groups in total. The molecule has 0 spiro atoms. The summed E-state index contributed by atoms with van der Waals surface area (Å²) in [6.45, 7) is 2.77. The lowest BCUT2D eigenvalue weighted by atomic mass is 10.1. The van der Waals surface area contributed by atoms with Gasteiger partial charge in [0.25, 0.3) is 11.8 Å². The number of halogens is 2. The molecular weight excluding hydrogens is 502 g/mol. The van der Waals surface area contributed by atoms with Crippen molar-refractivity contribution in [1.29, 1.82) is 0 Å². The molecule has 0 radical (unpaired) electrons. The molecule has 2 heterocycles. The molecule has 0 saturated heterocycles. The van der Waals surface area contributed by atoms with Gasteiger partial charge in [-0.2, -0.15) is 0 Å². The monoisotopic (exact) mass is 527 g/mol. The highest BCUT2D eigenvalue weighted by Gasteiger charge is 2.35. The second-order valence-corrected chi connectivity index (χ2v) is 11.2. The van der Waals surface area contributed by atoms with Crippen LogP contribution in [0.25, 0.3) is 10.8 Å². The molecule has 0 bridgehead atoms. The van der Waals surface area contributed by atoms with Gasteiger partial charge in [-0.25, -0.2) is 0 Å². The van der Waals surface area contributed by atoms with E-state index in [-0.39, 0.29) is 11.8 Å². The van der Waals surface area contributed by atoms with Crippen molar-refractivity contribution >= 4 is 65.8 Å². The molecule has 0 fully saturated rings. The molecule has 28 heavy (non-hydrogen) atoms. The van der Waals surface area contributed by atoms with Crippen molar-refractivity contribution in [2.45, 2.75) is 71.1 Å². The van der Waals surface area contributed by atoms with Crippen LogP contribution >= 0.6 is 43.2 Å². The quantitative estimate of drug-likeness (QED) is 0.219. The maximum Gasteiger partial charge on any atom is 0.261 e. The van der Waals surface area contributed by atoms with Crippen molar-refractivity contribution in [2.75, 3.05) is 6.54 Å². The molecule has 1 aliphatic rings. The van der Waals surface area contributed by atoms with Crippen molar-refractivity contribution in [3.05, 3.63) is 30.8 Å².